The molecule has 1 unspecified atom stereocenters. The molecule has 6 nitrogen and oxygen atoms in total. The number of aromatic amines is 1. The molecule has 0 aromatic carbocycles. The lowest BCUT2D eigenvalue weighted by molar-refractivity contribution is 0.344. The van der Waals surface area contributed by atoms with Crippen molar-refractivity contribution in [3.63, 3.8) is 0 Å². The minimum absolute atomic E-state index is 0.00814. The zero-order valence-electron chi connectivity index (χ0n) is 9.96. The number of fused-ring (bicyclic) bond motifs is 1. The quantitative estimate of drug-likeness (QED) is 0.743. The molecule has 1 atom stereocenters. The molecule has 4 rings (SSSR count). The van der Waals surface area contributed by atoms with E-state index in [2.05, 4.69) is 36.9 Å². The van der Waals surface area contributed by atoms with Crippen LogP contribution < -0.4 is 5.32 Å². The van der Waals surface area contributed by atoms with Crippen molar-refractivity contribution in [1.82, 2.24) is 25.4 Å². The number of hydrogen-bond donors (Lipinski definition) is 2. The standard InChI is InChI=1S/C12H11N5OS/c1-3-13-9(7-2-6-19-8(1)7)12-16-11(17-18-12)10-14-4-5-15-10/h2,4-6,9,13H,1,3H2,(H,14,15). The molecule has 0 fully saturated rings. The Balaban J connectivity index is 1.71. The maximum atomic E-state index is 5.38. The molecule has 7 heteroatoms. The zero-order valence-corrected chi connectivity index (χ0v) is 10.8. The Morgan fingerprint density at radius 1 is 1.42 bits per heavy atom. The summed E-state index contributed by atoms with van der Waals surface area (Å²) in [7, 11) is 0. The molecular weight excluding hydrogens is 262 g/mol. The molecule has 1 aliphatic rings. The molecule has 0 saturated heterocycles. The second kappa shape index (κ2) is 4.29. The van der Waals surface area contributed by atoms with E-state index in [0.29, 0.717) is 17.5 Å². The maximum Gasteiger partial charge on any atom is 0.248 e. The number of thiophene rings is 1. The van der Waals surface area contributed by atoms with Crippen molar-refractivity contribution in [2.24, 2.45) is 0 Å². The van der Waals surface area contributed by atoms with Crippen LogP contribution >= 0.6 is 11.3 Å². The van der Waals surface area contributed by atoms with Gasteiger partial charge in [0.1, 0.15) is 6.04 Å². The van der Waals surface area contributed by atoms with E-state index >= 15 is 0 Å². The summed E-state index contributed by atoms with van der Waals surface area (Å²) in [5, 5.41) is 9.50. The molecule has 3 aromatic rings. The van der Waals surface area contributed by atoms with Crippen LogP contribution in [0.2, 0.25) is 0 Å². The predicted octanol–water partition coefficient (Wildman–Crippen LogP) is 1.76. The topological polar surface area (TPSA) is 79.6 Å². The van der Waals surface area contributed by atoms with Crippen molar-refractivity contribution in [3.05, 3.63) is 40.2 Å². The summed E-state index contributed by atoms with van der Waals surface area (Å²) in [6, 6.07) is 2.11. The molecule has 19 heavy (non-hydrogen) atoms. The SMILES string of the molecule is c1c[nH]c(-c2noc(C3NCCc4sccc43)n2)n1. The minimum Gasteiger partial charge on any atom is -0.342 e. The molecule has 3 aromatic heterocycles. The van der Waals surface area contributed by atoms with Crippen LogP contribution in [0.5, 0.6) is 0 Å². The van der Waals surface area contributed by atoms with Gasteiger partial charge in [0, 0.05) is 23.8 Å². The monoisotopic (exact) mass is 273 g/mol. The lowest BCUT2D eigenvalue weighted by atomic mass is 10.0. The predicted molar refractivity (Wildman–Crippen MR) is 69.7 cm³/mol. The van der Waals surface area contributed by atoms with Gasteiger partial charge >= 0.3 is 0 Å². The Morgan fingerprint density at radius 2 is 2.42 bits per heavy atom. The van der Waals surface area contributed by atoms with E-state index < -0.39 is 0 Å². The van der Waals surface area contributed by atoms with E-state index in [1.165, 1.54) is 10.4 Å². The van der Waals surface area contributed by atoms with E-state index in [1.54, 1.807) is 23.7 Å². The first-order chi connectivity index (χ1) is 9.42. The van der Waals surface area contributed by atoms with E-state index in [-0.39, 0.29) is 6.04 Å². The summed E-state index contributed by atoms with van der Waals surface area (Å²) in [6.45, 7) is 0.927. The summed E-state index contributed by atoms with van der Waals surface area (Å²) < 4.78 is 5.38. The molecule has 0 radical (unpaired) electrons. The molecule has 0 aliphatic carbocycles. The molecule has 96 valence electrons. The number of rotatable bonds is 2. The number of imidazole rings is 1. The van der Waals surface area contributed by atoms with Crippen LogP contribution in [0, 0.1) is 0 Å². The smallest absolute Gasteiger partial charge is 0.248 e. The molecule has 1 aliphatic heterocycles. The first kappa shape index (κ1) is 10.9. The summed E-state index contributed by atoms with van der Waals surface area (Å²) in [6.07, 6.45) is 4.46. The van der Waals surface area contributed by atoms with Gasteiger partial charge in [0.2, 0.25) is 11.7 Å². The van der Waals surface area contributed by atoms with Gasteiger partial charge in [-0.3, -0.25) is 0 Å². The molecule has 4 heterocycles. The van der Waals surface area contributed by atoms with E-state index in [0.717, 1.165) is 13.0 Å². The largest absolute Gasteiger partial charge is 0.342 e. The lowest BCUT2D eigenvalue weighted by Crippen LogP contribution is -2.29. The fraction of sp³-hybridized carbons (Fsp3) is 0.250. The summed E-state index contributed by atoms with van der Waals surface area (Å²) in [4.78, 5) is 12.9. The molecule has 2 N–H and O–H groups in total. The van der Waals surface area contributed by atoms with Crippen molar-refractivity contribution >= 4 is 11.3 Å². The average molecular weight is 273 g/mol. The summed E-state index contributed by atoms with van der Waals surface area (Å²) >= 11 is 1.78. The van der Waals surface area contributed by atoms with E-state index in [4.69, 9.17) is 4.52 Å². The Kier molecular flexibility index (Phi) is 2.46. The van der Waals surface area contributed by atoms with Crippen molar-refractivity contribution in [2.45, 2.75) is 12.5 Å². The van der Waals surface area contributed by atoms with E-state index in [1.807, 2.05) is 0 Å². The minimum atomic E-state index is -0.00814. The number of H-pyrrole nitrogens is 1. The zero-order chi connectivity index (χ0) is 12.7. The third kappa shape index (κ3) is 1.78. The first-order valence-corrected chi connectivity index (χ1v) is 6.93. The Morgan fingerprint density at radius 3 is 3.32 bits per heavy atom. The highest BCUT2D eigenvalue weighted by atomic mass is 32.1. The van der Waals surface area contributed by atoms with Crippen LogP contribution in [0.4, 0.5) is 0 Å². The van der Waals surface area contributed by atoms with Crippen LogP contribution in [0.15, 0.2) is 28.4 Å². The van der Waals surface area contributed by atoms with Gasteiger partial charge in [-0.05, 0) is 23.4 Å². The van der Waals surface area contributed by atoms with Crippen molar-refractivity contribution in [2.75, 3.05) is 6.54 Å². The van der Waals surface area contributed by atoms with Crippen LogP contribution in [-0.4, -0.2) is 26.7 Å². The third-order valence-electron chi connectivity index (χ3n) is 3.19. The van der Waals surface area contributed by atoms with E-state index in [9.17, 15) is 0 Å². The van der Waals surface area contributed by atoms with Crippen molar-refractivity contribution in [1.29, 1.82) is 0 Å². The van der Waals surface area contributed by atoms with Gasteiger partial charge in [-0.2, -0.15) is 4.98 Å². The van der Waals surface area contributed by atoms with Gasteiger partial charge in [0.25, 0.3) is 0 Å². The van der Waals surface area contributed by atoms with Gasteiger partial charge in [-0.25, -0.2) is 4.98 Å². The number of aromatic nitrogens is 4. The third-order valence-corrected chi connectivity index (χ3v) is 4.19. The van der Waals surface area contributed by atoms with Gasteiger partial charge < -0.3 is 14.8 Å². The summed E-state index contributed by atoms with van der Waals surface area (Å²) in [5.41, 5.74) is 1.24. The van der Waals surface area contributed by atoms with Crippen LogP contribution in [0.1, 0.15) is 22.4 Å². The first-order valence-electron chi connectivity index (χ1n) is 6.05. The molecule has 0 saturated carbocycles. The fourth-order valence-electron chi connectivity index (χ4n) is 2.31. The average Bonchev–Trinajstić information content (AvgIpc) is 3.18. The van der Waals surface area contributed by atoms with Crippen molar-refractivity contribution in [3.8, 4) is 11.6 Å². The van der Waals surface area contributed by atoms with Crippen LogP contribution in [-0.2, 0) is 6.42 Å². The highest BCUT2D eigenvalue weighted by Gasteiger charge is 2.27. The van der Waals surface area contributed by atoms with Crippen LogP contribution in [0.3, 0.4) is 0 Å². The highest BCUT2D eigenvalue weighted by molar-refractivity contribution is 7.10. The summed E-state index contributed by atoms with van der Waals surface area (Å²) in [5.74, 6) is 1.70. The normalized spacial score (nSPS) is 18.4. The van der Waals surface area contributed by atoms with Gasteiger partial charge in [-0.15, -0.1) is 11.3 Å². The fourth-order valence-corrected chi connectivity index (χ4v) is 3.23. The number of nitrogens with one attached hydrogen (secondary N) is 2. The van der Waals surface area contributed by atoms with Crippen LogP contribution in [0.25, 0.3) is 11.6 Å². The highest BCUT2D eigenvalue weighted by Crippen LogP contribution is 2.31. The van der Waals surface area contributed by atoms with Crippen molar-refractivity contribution < 1.29 is 4.52 Å². The number of hydrogen-bond acceptors (Lipinski definition) is 6. The molecule has 0 spiro atoms. The molecule has 0 amide bonds. The Hall–Kier alpha value is -1.99. The lowest BCUT2D eigenvalue weighted by Gasteiger charge is -2.20. The van der Waals surface area contributed by atoms with Gasteiger partial charge in [0.05, 0.1) is 0 Å². The van der Waals surface area contributed by atoms with Gasteiger partial charge in [0.15, 0.2) is 5.82 Å². The molecular formula is C12H11N5OS. The Labute approximate surface area is 112 Å². The number of nitrogens with zero attached hydrogens (tertiary/aromatic N) is 3. The second-order valence-electron chi connectivity index (χ2n) is 4.33. The van der Waals surface area contributed by atoms with Gasteiger partial charge in [-0.1, -0.05) is 5.16 Å². The Bertz CT molecular complexity index is 687. The molecule has 0 bridgehead atoms. The second-order valence-corrected chi connectivity index (χ2v) is 5.33. The maximum absolute atomic E-state index is 5.38.